The molecule has 0 atom stereocenters. The van der Waals surface area contributed by atoms with Crippen molar-refractivity contribution in [3.8, 4) is 11.5 Å². The summed E-state index contributed by atoms with van der Waals surface area (Å²) in [6, 6.07) is 22.8. The maximum atomic E-state index is 12.5. The van der Waals surface area contributed by atoms with Crippen molar-refractivity contribution in [3.05, 3.63) is 84.3 Å². The number of benzene rings is 3. The van der Waals surface area contributed by atoms with Gasteiger partial charge < -0.3 is 4.42 Å². The maximum absolute atomic E-state index is 12.5. The van der Waals surface area contributed by atoms with Crippen LogP contribution in [0.5, 0.6) is 0 Å². The van der Waals surface area contributed by atoms with Gasteiger partial charge in [0.05, 0.1) is 0 Å². The number of aromatic nitrogens is 2. The number of carbonyl (C=O) groups is 1. The highest BCUT2D eigenvalue weighted by Gasteiger charge is 2.18. The van der Waals surface area contributed by atoms with E-state index in [0.717, 1.165) is 16.3 Å². The zero-order valence-electron chi connectivity index (χ0n) is 12.1. The second kappa shape index (κ2) is 5.50. The Morgan fingerprint density at radius 1 is 0.783 bits per heavy atom. The number of carbonyl (C=O) groups excluding carboxylic acids is 1. The zero-order valence-corrected chi connectivity index (χ0v) is 12.1. The first kappa shape index (κ1) is 13.4. The Balaban J connectivity index is 1.69. The van der Waals surface area contributed by atoms with Crippen molar-refractivity contribution in [1.82, 2.24) is 10.2 Å². The lowest BCUT2D eigenvalue weighted by Crippen LogP contribution is -2.01. The topological polar surface area (TPSA) is 56.0 Å². The van der Waals surface area contributed by atoms with E-state index < -0.39 is 0 Å². The lowest BCUT2D eigenvalue weighted by atomic mass is 10.0. The summed E-state index contributed by atoms with van der Waals surface area (Å²) in [6.07, 6.45) is 0. The molecule has 0 aliphatic rings. The Morgan fingerprint density at radius 2 is 1.52 bits per heavy atom. The third kappa shape index (κ3) is 2.51. The summed E-state index contributed by atoms with van der Waals surface area (Å²) in [5, 5.41) is 9.92. The van der Waals surface area contributed by atoms with Gasteiger partial charge >= 0.3 is 0 Å². The van der Waals surface area contributed by atoms with E-state index in [4.69, 9.17) is 4.42 Å². The van der Waals surface area contributed by atoms with Crippen LogP contribution >= 0.6 is 0 Å². The van der Waals surface area contributed by atoms with Gasteiger partial charge in [0.1, 0.15) is 0 Å². The Labute approximate surface area is 132 Å². The molecule has 0 amide bonds. The van der Waals surface area contributed by atoms with Crippen LogP contribution in [-0.4, -0.2) is 16.0 Å². The van der Waals surface area contributed by atoms with Gasteiger partial charge in [0.25, 0.3) is 5.89 Å². The first-order chi connectivity index (χ1) is 11.3. The van der Waals surface area contributed by atoms with Gasteiger partial charge in [0.2, 0.25) is 11.7 Å². The average Bonchev–Trinajstić information content (AvgIpc) is 3.11. The van der Waals surface area contributed by atoms with Crippen LogP contribution in [0.4, 0.5) is 0 Å². The van der Waals surface area contributed by atoms with E-state index in [1.54, 1.807) is 6.07 Å². The summed E-state index contributed by atoms with van der Waals surface area (Å²) >= 11 is 0. The molecular formula is C19H12N2O2. The third-order valence-corrected chi connectivity index (χ3v) is 3.65. The standard InChI is InChI=1S/C19H12N2O2/c22-17(16-11-10-13-6-4-5-9-15(13)12-16)19-21-20-18(23-19)14-7-2-1-3-8-14/h1-12H. The van der Waals surface area contributed by atoms with Crippen molar-refractivity contribution in [2.45, 2.75) is 0 Å². The summed E-state index contributed by atoms with van der Waals surface area (Å²) in [4.78, 5) is 12.5. The highest BCUT2D eigenvalue weighted by Crippen LogP contribution is 2.21. The van der Waals surface area contributed by atoms with Crippen LogP contribution in [0.1, 0.15) is 16.2 Å². The van der Waals surface area contributed by atoms with Gasteiger partial charge in [-0.3, -0.25) is 4.79 Å². The highest BCUT2D eigenvalue weighted by molar-refractivity contribution is 6.07. The molecule has 4 heteroatoms. The molecule has 4 rings (SSSR count). The predicted molar refractivity (Wildman–Crippen MR) is 87.1 cm³/mol. The average molecular weight is 300 g/mol. The second-order valence-electron chi connectivity index (χ2n) is 5.17. The molecule has 0 radical (unpaired) electrons. The number of ketones is 1. The Bertz CT molecular complexity index is 990. The highest BCUT2D eigenvalue weighted by atomic mass is 16.4. The number of hydrogen-bond donors (Lipinski definition) is 0. The molecule has 4 aromatic rings. The number of rotatable bonds is 3. The SMILES string of the molecule is O=C(c1ccc2ccccc2c1)c1nnc(-c2ccccc2)o1. The van der Waals surface area contributed by atoms with E-state index >= 15 is 0 Å². The fourth-order valence-corrected chi connectivity index (χ4v) is 2.47. The summed E-state index contributed by atoms with van der Waals surface area (Å²) in [5.74, 6) is 0.0688. The Kier molecular flexibility index (Phi) is 3.20. The number of hydrogen-bond acceptors (Lipinski definition) is 4. The Hall–Kier alpha value is -3.27. The van der Waals surface area contributed by atoms with Crippen molar-refractivity contribution < 1.29 is 9.21 Å². The maximum Gasteiger partial charge on any atom is 0.289 e. The molecule has 110 valence electrons. The van der Waals surface area contributed by atoms with Crippen molar-refractivity contribution in [1.29, 1.82) is 0 Å². The van der Waals surface area contributed by atoms with E-state index in [9.17, 15) is 4.79 Å². The molecule has 0 aliphatic carbocycles. The minimum atomic E-state index is -0.273. The molecule has 0 N–H and O–H groups in total. The van der Waals surface area contributed by atoms with Crippen molar-refractivity contribution >= 4 is 16.6 Å². The van der Waals surface area contributed by atoms with Gasteiger partial charge in [-0.2, -0.15) is 0 Å². The molecular weight excluding hydrogens is 288 g/mol. The second-order valence-corrected chi connectivity index (χ2v) is 5.17. The lowest BCUT2D eigenvalue weighted by Gasteiger charge is -2.00. The van der Waals surface area contributed by atoms with Crippen LogP contribution in [0.15, 0.2) is 77.2 Å². The summed E-state index contributed by atoms with van der Waals surface area (Å²) < 4.78 is 5.53. The predicted octanol–water partition coefficient (Wildman–Crippen LogP) is 4.12. The van der Waals surface area contributed by atoms with Crippen LogP contribution in [-0.2, 0) is 0 Å². The molecule has 0 saturated heterocycles. The third-order valence-electron chi connectivity index (χ3n) is 3.65. The van der Waals surface area contributed by atoms with Crippen LogP contribution in [0.3, 0.4) is 0 Å². The van der Waals surface area contributed by atoms with Gasteiger partial charge in [-0.1, -0.05) is 54.6 Å². The molecule has 1 aromatic heterocycles. The van der Waals surface area contributed by atoms with Crippen molar-refractivity contribution in [2.24, 2.45) is 0 Å². The smallest absolute Gasteiger partial charge is 0.289 e. The molecule has 1 heterocycles. The quantitative estimate of drug-likeness (QED) is 0.534. The fraction of sp³-hybridized carbons (Fsp3) is 0. The van der Waals surface area contributed by atoms with Gasteiger partial charge in [0, 0.05) is 11.1 Å². The fourth-order valence-electron chi connectivity index (χ4n) is 2.47. The van der Waals surface area contributed by atoms with Gasteiger partial charge in [-0.15, -0.1) is 10.2 Å². The zero-order chi connectivity index (χ0) is 15.6. The monoisotopic (exact) mass is 300 g/mol. The Morgan fingerprint density at radius 3 is 2.35 bits per heavy atom. The van der Waals surface area contributed by atoms with Gasteiger partial charge in [0.15, 0.2) is 0 Å². The molecule has 0 unspecified atom stereocenters. The van der Waals surface area contributed by atoms with Gasteiger partial charge in [-0.05, 0) is 29.0 Å². The minimum Gasteiger partial charge on any atom is -0.413 e. The van der Waals surface area contributed by atoms with Crippen molar-refractivity contribution in [2.75, 3.05) is 0 Å². The molecule has 0 aliphatic heterocycles. The first-order valence-corrected chi connectivity index (χ1v) is 7.24. The summed E-state index contributed by atoms with van der Waals surface area (Å²) in [6.45, 7) is 0. The molecule has 0 fully saturated rings. The molecule has 0 bridgehead atoms. The van der Waals surface area contributed by atoms with E-state index in [2.05, 4.69) is 10.2 Å². The number of nitrogens with zero attached hydrogens (tertiary/aromatic N) is 2. The normalized spacial score (nSPS) is 10.8. The molecule has 4 nitrogen and oxygen atoms in total. The largest absolute Gasteiger partial charge is 0.413 e. The van der Waals surface area contributed by atoms with Crippen LogP contribution < -0.4 is 0 Å². The molecule has 0 spiro atoms. The number of fused-ring (bicyclic) bond motifs is 1. The van der Waals surface area contributed by atoms with E-state index in [1.165, 1.54) is 0 Å². The van der Waals surface area contributed by atoms with Crippen LogP contribution in [0.25, 0.3) is 22.2 Å². The van der Waals surface area contributed by atoms with Crippen molar-refractivity contribution in [3.63, 3.8) is 0 Å². The summed E-state index contributed by atoms with van der Waals surface area (Å²) in [5.41, 5.74) is 1.32. The van der Waals surface area contributed by atoms with Crippen LogP contribution in [0, 0.1) is 0 Å². The molecule has 3 aromatic carbocycles. The summed E-state index contributed by atoms with van der Waals surface area (Å²) in [7, 11) is 0. The van der Waals surface area contributed by atoms with E-state index in [1.807, 2.05) is 66.7 Å². The van der Waals surface area contributed by atoms with E-state index in [-0.39, 0.29) is 11.7 Å². The molecule has 23 heavy (non-hydrogen) atoms. The first-order valence-electron chi connectivity index (χ1n) is 7.24. The van der Waals surface area contributed by atoms with Crippen LogP contribution in [0.2, 0.25) is 0 Å². The lowest BCUT2D eigenvalue weighted by molar-refractivity contribution is 0.100. The van der Waals surface area contributed by atoms with E-state index in [0.29, 0.717) is 11.5 Å². The minimum absolute atomic E-state index is 0.000802. The van der Waals surface area contributed by atoms with Gasteiger partial charge in [-0.25, -0.2) is 0 Å². The molecule has 0 saturated carbocycles.